The number of nitriles is 1. The lowest BCUT2D eigenvalue weighted by Crippen LogP contribution is -2.52. The minimum absolute atomic E-state index is 0.332. The second kappa shape index (κ2) is 5.83. The molecule has 19 heavy (non-hydrogen) atoms. The third-order valence-corrected chi connectivity index (χ3v) is 6.12. The number of nitrogens with zero attached hydrogens (tertiary/aromatic N) is 1. The highest BCUT2D eigenvalue weighted by Gasteiger charge is 2.53. The summed E-state index contributed by atoms with van der Waals surface area (Å²) in [6, 6.07) is 2.55. The number of hydrogen-bond acceptors (Lipinski definition) is 2. The van der Waals surface area contributed by atoms with Gasteiger partial charge in [0.25, 0.3) is 0 Å². The smallest absolute Gasteiger partial charge is 0.0860 e. The van der Waals surface area contributed by atoms with Crippen LogP contribution in [0.15, 0.2) is 0 Å². The van der Waals surface area contributed by atoms with E-state index in [2.05, 4.69) is 13.0 Å². The van der Waals surface area contributed by atoms with Crippen molar-refractivity contribution in [1.82, 2.24) is 0 Å². The molecule has 2 aliphatic carbocycles. The molecule has 2 rings (SSSR count). The largest absolute Gasteiger partial charge is 0.388 e. The maximum atomic E-state index is 11.2. The molecule has 0 aromatic carbocycles. The van der Waals surface area contributed by atoms with Gasteiger partial charge in [0.1, 0.15) is 0 Å². The molecule has 0 amide bonds. The minimum Gasteiger partial charge on any atom is -0.388 e. The van der Waals surface area contributed by atoms with Crippen LogP contribution >= 0.6 is 0 Å². The highest BCUT2D eigenvalue weighted by Crippen LogP contribution is 2.52. The zero-order valence-corrected chi connectivity index (χ0v) is 12.6. The van der Waals surface area contributed by atoms with Crippen LogP contribution in [0.5, 0.6) is 0 Å². The summed E-state index contributed by atoms with van der Waals surface area (Å²) in [7, 11) is 0. The van der Waals surface area contributed by atoms with Gasteiger partial charge in [-0.1, -0.05) is 32.6 Å². The highest BCUT2D eigenvalue weighted by atomic mass is 16.3. The van der Waals surface area contributed by atoms with Gasteiger partial charge in [-0.3, -0.25) is 0 Å². The molecular weight excluding hydrogens is 234 g/mol. The third-order valence-electron chi connectivity index (χ3n) is 6.12. The van der Waals surface area contributed by atoms with Crippen molar-refractivity contribution in [3.63, 3.8) is 0 Å². The van der Waals surface area contributed by atoms with Crippen LogP contribution in [0.1, 0.15) is 78.1 Å². The molecule has 1 atom stereocenters. The quantitative estimate of drug-likeness (QED) is 0.818. The van der Waals surface area contributed by atoms with E-state index < -0.39 is 11.0 Å². The minimum atomic E-state index is -0.791. The first kappa shape index (κ1) is 14.9. The fourth-order valence-electron chi connectivity index (χ4n) is 4.37. The van der Waals surface area contributed by atoms with Crippen LogP contribution in [-0.4, -0.2) is 10.7 Å². The maximum Gasteiger partial charge on any atom is 0.0860 e. The second-order valence-electron chi connectivity index (χ2n) is 7.03. The van der Waals surface area contributed by atoms with Crippen molar-refractivity contribution >= 4 is 0 Å². The van der Waals surface area contributed by atoms with Gasteiger partial charge in [-0.15, -0.1) is 0 Å². The lowest BCUT2D eigenvalue weighted by Gasteiger charge is -2.49. The molecule has 0 aromatic heterocycles. The average molecular weight is 263 g/mol. The molecule has 1 unspecified atom stereocenters. The lowest BCUT2D eigenvalue weighted by molar-refractivity contribution is -0.115. The fourth-order valence-corrected chi connectivity index (χ4v) is 4.37. The third kappa shape index (κ3) is 2.68. The Balaban J connectivity index is 2.13. The Morgan fingerprint density at radius 2 is 1.74 bits per heavy atom. The molecular formula is C17H29NO. The van der Waals surface area contributed by atoms with E-state index in [-0.39, 0.29) is 0 Å². The molecule has 2 fully saturated rings. The van der Waals surface area contributed by atoms with E-state index in [9.17, 15) is 10.4 Å². The van der Waals surface area contributed by atoms with Crippen LogP contribution in [0, 0.1) is 28.6 Å². The average Bonchev–Trinajstić information content (AvgIpc) is 2.48. The molecule has 0 aliphatic heterocycles. The Labute approximate surface area is 118 Å². The maximum absolute atomic E-state index is 11.2. The standard InChI is InChI=1S/C17H29NO/c1-3-14-9-11-17(13-18,12-10-14)16(2,19)15-7-5-4-6-8-15/h14-15,19H,3-12H2,1-2H3. The predicted octanol–water partition coefficient (Wildman–Crippen LogP) is 4.43. The Morgan fingerprint density at radius 3 is 2.21 bits per heavy atom. The Morgan fingerprint density at radius 1 is 1.16 bits per heavy atom. The summed E-state index contributed by atoms with van der Waals surface area (Å²) >= 11 is 0. The zero-order chi connectivity index (χ0) is 13.9. The molecule has 1 N–H and O–H groups in total. The molecule has 2 nitrogen and oxygen atoms in total. The molecule has 2 heteroatoms. The van der Waals surface area contributed by atoms with Crippen molar-refractivity contribution in [2.75, 3.05) is 0 Å². The second-order valence-corrected chi connectivity index (χ2v) is 7.03. The van der Waals surface area contributed by atoms with Crippen LogP contribution < -0.4 is 0 Å². The first-order valence-electron chi connectivity index (χ1n) is 8.19. The van der Waals surface area contributed by atoms with E-state index in [0.717, 1.165) is 44.4 Å². The van der Waals surface area contributed by atoms with Gasteiger partial charge in [-0.2, -0.15) is 5.26 Å². The van der Waals surface area contributed by atoms with E-state index in [4.69, 9.17) is 0 Å². The van der Waals surface area contributed by atoms with Gasteiger partial charge in [-0.05, 0) is 57.3 Å². The topological polar surface area (TPSA) is 44.0 Å². The molecule has 2 aliphatic rings. The summed E-state index contributed by atoms with van der Waals surface area (Å²) in [5.74, 6) is 1.10. The van der Waals surface area contributed by atoms with E-state index >= 15 is 0 Å². The first-order chi connectivity index (χ1) is 9.05. The molecule has 0 spiro atoms. The molecule has 108 valence electrons. The van der Waals surface area contributed by atoms with Crippen LogP contribution in [0.3, 0.4) is 0 Å². The molecule has 2 saturated carbocycles. The van der Waals surface area contributed by atoms with Crippen molar-refractivity contribution in [2.45, 2.75) is 83.7 Å². The number of hydrogen-bond donors (Lipinski definition) is 1. The first-order valence-corrected chi connectivity index (χ1v) is 8.19. The van der Waals surface area contributed by atoms with Crippen LogP contribution in [-0.2, 0) is 0 Å². The van der Waals surface area contributed by atoms with Gasteiger partial charge < -0.3 is 5.11 Å². The van der Waals surface area contributed by atoms with Crippen LogP contribution in [0.4, 0.5) is 0 Å². The zero-order valence-electron chi connectivity index (χ0n) is 12.6. The van der Waals surface area contributed by atoms with Gasteiger partial charge in [0, 0.05) is 0 Å². The normalized spacial score (nSPS) is 36.4. The molecule has 0 aromatic rings. The highest BCUT2D eigenvalue weighted by molar-refractivity contribution is 5.13. The summed E-state index contributed by atoms with van der Waals surface area (Å²) in [6.07, 6.45) is 11.2. The Bertz CT molecular complexity index is 328. The molecule has 0 bridgehead atoms. The Kier molecular flexibility index (Phi) is 4.56. The molecule has 0 radical (unpaired) electrons. The van der Waals surface area contributed by atoms with Gasteiger partial charge in [0.05, 0.1) is 17.1 Å². The van der Waals surface area contributed by atoms with Crippen LogP contribution in [0.2, 0.25) is 0 Å². The summed E-state index contributed by atoms with van der Waals surface area (Å²) < 4.78 is 0. The van der Waals surface area contributed by atoms with Gasteiger partial charge >= 0.3 is 0 Å². The summed E-state index contributed by atoms with van der Waals surface area (Å²) in [4.78, 5) is 0. The van der Waals surface area contributed by atoms with Crippen molar-refractivity contribution in [3.05, 3.63) is 0 Å². The van der Waals surface area contributed by atoms with E-state index in [1.54, 1.807) is 0 Å². The number of rotatable bonds is 3. The SMILES string of the molecule is CCC1CCC(C#N)(C(C)(O)C2CCCCC2)CC1. The number of aliphatic hydroxyl groups is 1. The lowest BCUT2D eigenvalue weighted by atomic mass is 9.57. The summed E-state index contributed by atoms with van der Waals surface area (Å²) in [6.45, 7) is 4.20. The van der Waals surface area contributed by atoms with E-state index in [1.165, 1.54) is 25.7 Å². The van der Waals surface area contributed by atoms with Gasteiger partial charge in [0.2, 0.25) is 0 Å². The van der Waals surface area contributed by atoms with Crippen molar-refractivity contribution < 1.29 is 5.11 Å². The summed E-state index contributed by atoms with van der Waals surface area (Å²) in [5, 5.41) is 20.9. The van der Waals surface area contributed by atoms with E-state index in [0.29, 0.717) is 5.92 Å². The summed E-state index contributed by atoms with van der Waals surface area (Å²) in [5.41, 5.74) is -1.28. The van der Waals surface area contributed by atoms with Gasteiger partial charge in [0.15, 0.2) is 0 Å². The molecule has 0 heterocycles. The van der Waals surface area contributed by atoms with Crippen molar-refractivity contribution in [3.8, 4) is 6.07 Å². The fraction of sp³-hybridized carbons (Fsp3) is 0.941. The van der Waals surface area contributed by atoms with Crippen molar-refractivity contribution in [1.29, 1.82) is 5.26 Å². The van der Waals surface area contributed by atoms with Crippen LogP contribution in [0.25, 0.3) is 0 Å². The predicted molar refractivity (Wildman–Crippen MR) is 77.5 cm³/mol. The Hall–Kier alpha value is -0.550. The molecule has 0 saturated heterocycles. The van der Waals surface area contributed by atoms with Gasteiger partial charge in [-0.25, -0.2) is 0 Å². The van der Waals surface area contributed by atoms with E-state index in [1.807, 2.05) is 6.92 Å². The van der Waals surface area contributed by atoms with Crippen molar-refractivity contribution in [2.24, 2.45) is 17.3 Å². The monoisotopic (exact) mass is 263 g/mol.